The molecule has 1 aliphatic heterocycles. The Bertz CT molecular complexity index is 709. The first-order valence-corrected chi connectivity index (χ1v) is 8.77. The van der Waals surface area contributed by atoms with E-state index in [1.807, 2.05) is 43.3 Å². The molecule has 1 atom stereocenters. The topological polar surface area (TPSA) is 41.9 Å². The molecule has 2 aromatic rings. The fraction of sp³-hybridized carbons (Fsp3) is 0.263. The summed E-state index contributed by atoms with van der Waals surface area (Å²) in [7, 11) is 0. The first kappa shape index (κ1) is 19.3. The van der Waals surface area contributed by atoms with Crippen molar-refractivity contribution in [2.75, 3.05) is 11.6 Å². The minimum Gasteiger partial charge on any atom is -0.461 e. The molecule has 1 unspecified atom stereocenters. The maximum Gasteiger partial charge on any atom is 0.354 e. The highest BCUT2D eigenvalue weighted by Gasteiger charge is 2.29. The van der Waals surface area contributed by atoms with Gasteiger partial charge in [-0.3, -0.25) is 5.01 Å². The second-order valence-corrected chi connectivity index (χ2v) is 6.26. The highest BCUT2D eigenvalue weighted by Crippen LogP contribution is 2.33. The van der Waals surface area contributed by atoms with Crippen molar-refractivity contribution in [3.63, 3.8) is 0 Å². The van der Waals surface area contributed by atoms with Crippen LogP contribution in [-0.2, 0) is 9.53 Å². The van der Waals surface area contributed by atoms with Crippen LogP contribution in [0.25, 0.3) is 0 Å². The molecular formula is C19H20Cl2N2O2. The van der Waals surface area contributed by atoms with E-state index in [1.54, 1.807) is 30.1 Å². The van der Waals surface area contributed by atoms with E-state index in [9.17, 15) is 4.79 Å². The van der Waals surface area contributed by atoms with Crippen LogP contribution in [0.4, 0.5) is 5.69 Å². The summed E-state index contributed by atoms with van der Waals surface area (Å²) in [5.41, 5.74) is 1.15. The average molecular weight is 379 g/mol. The second kappa shape index (κ2) is 9.44. The quantitative estimate of drug-likeness (QED) is 0.689. The van der Waals surface area contributed by atoms with E-state index < -0.39 is 0 Å². The van der Waals surface area contributed by atoms with Crippen molar-refractivity contribution in [3.8, 4) is 0 Å². The molecule has 6 heteroatoms. The molecule has 0 saturated heterocycles. The molecule has 0 radical (unpaired) electrons. The number of ether oxygens (including phenoxy) is 1. The minimum absolute atomic E-state index is 0.0538. The summed E-state index contributed by atoms with van der Waals surface area (Å²) < 4.78 is 4.96. The van der Waals surface area contributed by atoms with E-state index in [0.717, 1.165) is 5.69 Å². The Morgan fingerprint density at radius 1 is 1.20 bits per heavy atom. The van der Waals surface area contributed by atoms with Gasteiger partial charge in [-0.15, -0.1) is 0 Å². The molecule has 0 bridgehead atoms. The standard InChI is InChI=1S/C13H14Cl2N2O2.C6H6/c1-3-19-13(18)11-6-8(2)17(16-11)12-5-4-9(14)7-10(12)15;1-2-4-6-5-3-1/h4-5,7-8H,3,6H2,1-2H3;1-6H. The lowest BCUT2D eigenvalue weighted by atomic mass is 10.1. The first-order valence-electron chi connectivity index (χ1n) is 8.01. The van der Waals surface area contributed by atoms with Crippen LogP contribution in [-0.4, -0.2) is 24.3 Å². The summed E-state index contributed by atoms with van der Waals surface area (Å²) in [5, 5.41) is 7.10. The molecule has 1 aliphatic rings. The molecule has 0 aliphatic carbocycles. The van der Waals surface area contributed by atoms with Crippen molar-refractivity contribution in [1.82, 2.24) is 0 Å². The molecular weight excluding hydrogens is 359 g/mol. The molecule has 25 heavy (non-hydrogen) atoms. The Hall–Kier alpha value is -2.04. The van der Waals surface area contributed by atoms with Gasteiger partial charge in [0.15, 0.2) is 0 Å². The zero-order valence-corrected chi connectivity index (χ0v) is 15.7. The van der Waals surface area contributed by atoms with Crippen molar-refractivity contribution in [3.05, 3.63) is 64.6 Å². The lowest BCUT2D eigenvalue weighted by molar-refractivity contribution is -0.135. The van der Waals surface area contributed by atoms with Crippen LogP contribution < -0.4 is 5.01 Å². The van der Waals surface area contributed by atoms with Gasteiger partial charge in [-0.25, -0.2) is 4.79 Å². The molecule has 0 saturated carbocycles. The van der Waals surface area contributed by atoms with Gasteiger partial charge in [-0.05, 0) is 32.0 Å². The second-order valence-electron chi connectivity index (χ2n) is 5.42. The van der Waals surface area contributed by atoms with E-state index in [-0.39, 0.29) is 12.0 Å². The molecule has 4 nitrogen and oxygen atoms in total. The third-order valence-electron chi connectivity index (χ3n) is 3.47. The highest BCUT2D eigenvalue weighted by molar-refractivity contribution is 6.38. The van der Waals surface area contributed by atoms with Gasteiger partial charge >= 0.3 is 5.97 Å². The van der Waals surface area contributed by atoms with E-state index in [4.69, 9.17) is 27.9 Å². The number of carbonyl (C=O) groups is 1. The van der Waals surface area contributed by atoms with Crippen LogP contribution in [0.15, 0.2) is 59.7 Å². The lowest BCUT2D eigenvalue weighted by Gasteiger charge is -2.21. The van der Waals surface area contributed by atoms with Crippen molar-refractivity contribution < 1.29 is 9.53 Å². The molecule has 0 N–H and O–H groups in total. The van der Waals surface area contributed by atoms with Crippen LogP contribution in [0.2, 0.25) is 10.0 Å². The van der Waals surface area contributed by atoms with Crippen molar-refractivity contribution in [2.24, 2.45) is 5.10 Å². The van der Waals surface area contributed by atoms with E-state index in [1.165, 1.54) is 0 Å². The van der Waals surface area contributed by atoms with Gasteiger partial charge in [-0.2, -0.15) is 5.10 Å². The summed E-state index contributed by atoms with van der Waals surface area (Å²) >= 11 is 12.0. The molecule has 0 aromatic heterocycles. The first-order chi connectivity index (χ1) is 12.0. The smallest absolute Gasteiger partial charge is 0.354 e. The summed E-state index contributed by atoms with van der Waals surface area (Å²) in [6, 6.07) is 17.2. The number of esters is 1. The predicted molar refractivity (Wildman–Crippen MR) is 104 cm³/mol. The minimum atomic E-state index is -0.373. The van der Waals surface area contributed by atoms with Crippen LogP contribution in [0.3, 0.4) is 0 Å². The number of hydrogen-bond donors (Lipinski definition) is 0. The number of benzene rings is 2. The summed E-state index contributed by atoms with van der Waals surface area (Å²) in [5.74, 6) is -0.373. The van der Waals surface area contributed by atoms with Gasteiger partial charge < -0.3 is 4.74 Å². The molecule has 3 rings (SSSR count). The van der Waals surface area contributed by atoms with E-state index in [2.05, 4.69) is 5.10 Å². The number of rotatable bonds is 3. The SMILES string of the molecule is CCOC(=O)C1=NN(c2ccc(Cl)cc2Cl)C(C)C1.c1ccccc1. The van der Waals surface area contributed by atoms with Crippen LogP contribution in [0, 0.1) is 0 Å². The predicted octanol–water partition coefficient (Wildman–Crippen LogP) is 5.20. The average Bonchev–Trinajstić information content (AvgIpc) is 2.99. The maximum absolute atomic E-state index is 11.7. The van der Waals surface area contributed by atoms with Crippen LogP contribution >= 0.6 is 23.2 Å². The van der Waals surface area contributed by atoms with Gasteiger partial charge in [-0.1, -0.05) is 59.6 Å². The highest BCUT2D eigenvalue weighted by atomic mass is 35.5. The third-order valence-corrected chi connectivity index (χ3v) is 4.01. The van der Waals surface area contributed by atoms with Crippen LogP contribution in [0.1, 0.15) is 20.3 Å². The normalized spacial score (nSPS) is 15.9. The fourth-order valence-electron chi connectivity index (χ4n) is 2.32. The third kappa shape index (κ3) is 5.48. The number of halogens is 2. The summed E-state index contributed by atoms with van der Waals surface area (Å²) in [6.07, 6.45) is 0.539. The molecule has 0 amide bonds. The van der Waals surface area contributed by atoms with Crippen molar-refractivity contribution in [2.45, 2.75) is 26.3 Å². The number of carbonyl (C=O) groups excluding carboxylic acids is 1. The Morgan fingerprint density at radius 3 is 2.32 bits per heavy atom. The maximum atomic E-state index is 11.7. The van der Waals surface area contributed by atoms with Gasteiger partial charge in [0.1, 0.15) is 5.71 Å². The summed E-state index contributed by atoms with van der Waals surface area (Å²) in [4.78, 5) is 11.7. The van der Waals surface area contributed by atoms with Crippen LogP contribution in [0.5, 0.6) is 0 Å². The molecule has 0 spiro atoms. The van der Waals surface area contributed by atoms with Crippen molar-refractivity contribution >= 4 is 40.6 Å². The molecule has 0 fully saturated rings. The Balaban J connectivity index is 0.000000316. The van der Waals surface area contributed by atoms with Gasteiger partial charge in [0.25, 0.3) is 0 Å². The number of hydrazone groups is 1. The monoisotopic (exact) mass is 378 g/mol. The molecule has 132 valence electrons. The number of anilines is 1. The molecule has 1 heterocycles. The lowest BCUT2D eigenvalue weighted by Crippen LogP contribution is -2.23. The summed E-state index contributed by atoms with van der Waals surface area (Å²) in [6.45, 7) is 4.08. The van der Waals surface area contributed by atoms with Gasteiger partial charge in [0.05, 0.1) is 23.4 Å². The fourth-order valence-corrected chi connectivity index (χ4v) is 2.81. The zero-order chi connectivity index (χ0) is 18.2. The number of nitrogens with zero attached hydrogens (tertiary/aromatic N) is 2. The largest absolute Gasteiger partial charge is 0.461 e. The molecule has 2 aromatic carbocycles. The van der Waals surface area contributed by atoms with E-state index >= 15 is 0 Å². The Morgan fingerprint density at radius 2 is 1.80 bits per heavy atom. The number of hydrogen-bond acceptors (Lipinski definition) is 4. The van der Waals surface area contributed by atoms with E-state index in [0.29, 0.717) is 28.8 Å². The Labute approximate surface area is 158 Å². The van der Waals surface area contributed by atoms with Crippen molar-refractivity contribution in [1.29, 1.82) is 0 Å². The Kier molecular flexibility index (Phi) is 7.29. The van der Waals surface area contributed by atoms with Gasteiger partial charge in [0.2, 0.25) is 0 Å². The van der Waals surface area contributed by atoms with Gasteiger partial charge in [0, 0.05) is 11.4 Å². The zero-order valence-electron chi connectivity index (χ0n) is 14.2.